The average molecular weight is 304 g/mol. The van der Waals surface area contributed by atoms with Gasteiger partial charge in [-0.05, 0) is 35.3 Å². The largest absolute Gasteiger partial charge is 0.376 e. The fourth-order valence-corrected chi connectivity index (χ4v) is 3.02. The van der Waals surface area contributed by atoms with Crippen LogP contribution < -0.4 is 0 Å². The predicted octanol–water partition coefficient (Wildman–Crippen LogP) is 5.00. The molecule has 1 atom stereocenters. The first-order valence-corrected chi connectivity index (χ1v) is 9.17. The molecule has 1 saturated heterocycles. The van der Waals surface area contributed by atoms with Crippen LogP contribution in [0.15, 0.2) is 18.2 Å². The summed E-state index contributed by atoms with van der Waals surface area (Å²) in [7, 11) is 0. The van der Waals surface area contributed by atoms with E-state index in [1.165, 1.54) is 50.2 Å². The SMILES string of the molecule is CCCC1COCCO1.CCCCCCCc1cc2ccc1=2. The predicted molar refractivity (Wildman–Crippen MR) is 92.0 cm³/mol. The van der Waals surface area contributed by atoms with E-state index >= 15 is 0 Å². The Morgan fingerprint density at radius 3 is 2.41 bits per heavy atom. The summed E-state index contributed by atoms with van der Waals surface area (Å²) < 4.78 is 10.6. The average Bonchev–Trinajstić information content (AvgIpc) is 2.53. The molecule has 0 radical (unpaired) electrons. The maximum absolute atomic E-state index is 5.39. The highest BCUT2D eigenvalue weighted by molar-refractivity contribution is 5.33. The van der Waals surface area contributed by atoms with Crippen molar-refractivity contribution in [2.24, 2.45) is 0 Å². The first-order chi connectivity index (χ1) is 10.8. The van der Waals surface area contributed by atoms with Gasteiger partial charge in [-0.3, -0.25) is 0 Å². The summed E-state index contributed by atoms with van der Waals surface area (Å²) in [5.74, 6) is 0. The molecule has 2 aliphatic carbocycles. The molecule has 0 aromatic carbocycles. The fraction of sp³-hybridized carbons (Fsp3) is 0.700. The lowest BCUT2D eigenvalue weighted by Crippen LogP contribution is -2.28. The number of benzene rings is 1. The summed E-state index contributed by atoms with van der Waals surface area (Å²) in [6, 6.07) is 6.79. The van der Waals surface area contributed by atoms with Gasteiger partial charge < -0.3 is 9.47 Å². The molecule has 0 amide bonds. The van der Waals surface area contributed by atoms with Crippen molar-refractivity contribution in [2.45, 2.75) is 71.3 Å². The second kappa shape index (κ2) is 10.0. The Morgan fingerprint density at radius 2 is 1.86 bits per heavy atom. The van der Waals surface area contributed by atoms with E-state index in [2.05, 4.69) is 32.0 Å². The van der Waals surface area contributed by atoms with Gasteiger partial charge in [0, 0.05) is 0 Å². The molecule has 0 aromatic heterocycles. The van der Waals surface area contributed by atoms with E-state index in [1.54, 1.807) is 10.8 Å². The molecule has 0 saturated carbocycles. The van der Waals surface area contributed by atoms with Crippen LogP contribution in [0.5, 0.6) is 0 Å². The molecule has 0 aromatic rings. The van der Waals surface area contributed by atoms with Crippen LogP contribution in [0.2, 0.25) is 0 Å². The van der Waals surface area contributed by atoms with Crippen LogP contribution in [0.4, 0.5) is 0 Å². The van der Waals surface area contributed by atoms with E-state index in [4.69, 9.17) is 9.47 Å². The maximum Gasteiger partial charge on any atom is 0.0809 e. The molecular formula is C20H32O2. The molecule has 0 spiro atoms. The monoisotopic (exact) mass is 304 g/mol. The number of hydrogen-bond acceptors (Lipinski definition) is 2. The number of ether oxygens (including phenoxy) is 2. The summed E-state index contributed by atoms with van der Waals surface area (Å²) in [5.41, 5.74) is 1.61. The highest BCUT2D eigenvalue weighted by atomic mass is 16.6. The summed E-state index contributed by atoms with van der Waals surface area (Å²) in [5, 5.41) is 3.04. The lowest BCUT2D eigenvalue weighted by molar-refractivity contribution is -0.0906. The Balaban J connectivity index is 0.000000172. The number of unbranched alkanes of at least 4 members (excludes halogenated alkanes) is 4. The Labute approximate surface area is 135 Å². The van der Waals surface area contributed by atoms with E-state index in [1.807, 2.05) is 0 Å². The molecule has 0 bridgehead atoms. The molecule has 1 unspecified atom stereocenters. The van der Waals surface area contributed by atoms with Gasteiger partial charge in [-0.15, -0.1) is 0 Å². The van der Waals surface area contributed by atoms with Gasteiger partial charge in [-0.2, -0.15) is 0 Å². The summed E-state index contributed by atoms with van der Waals surface area (Å²) >= 11 is 0. The second-order valence-corrected chi connectivity index (χ2v) is 6.39. The third kappa shape index (κ3) is 5.40. The lowest BCUT2D eigenvalue weighted by Gasteiger charge is -2.21. The van der Waals surface area contributed by atoms with Crippen LogP contribution in [0.25, 0.3) is 0 Å². The van der Waals surface area contributed by atoms with Crippen molar-refractivity contribution in [1.82, 2.24) is 0 Å². The van der Waals surface area contributed by atoms with Crippen LogP contribution in [-0.4, -0.2) is 25.9 Å². The van der Waals surface area contributed by atoms with Crippen molar-refractivity contribution in [3.63, 3.8) is 0 Å². The van der Waals surface area contributed by atoms with Crippen LogP contribution in [0.3, 0.4) is 0 Å². The normalized spacial score (nSPS) is 18.5. The van der Waals surface area contributed by atoms with Crippen LogP contribution in [-0.2, 0) is 15.9 Å². The van der Waals surface area contributed by atoms with Gasteiger partial charge in [0.1, 0.15) is 0 Å². The van der Waals surface area contributed by atoms with Gasteiger partial charge in [0.15, 0.2) is 0 Å². The van der Waals surface area contributed by atoms with Crippen LogP contribution >= 0.6 is 0 Å². The van der Waals surface area contributed by atoms with Gasteiger partial charge in [-0.1, -0.05) is 64.2 Å². The summed E-state index contributed by atoms with van der Waals surface area (Å²) in [6.45, 7) is 6.79. The molecule has 124 valence electrons. The second-order valence-electron chi connectivity index (χ2n) is 6.39. The van der Waals surface area contributed by atoms with Crippen molar-refractivity contribution < 1.29 is 9.47 Å². The van der Waals surface area contributed by atoms with E-state index in [-0.39, 0.29) is 0 Å². The highest BCUT2D eigenvalue weighted by Gasteiger charge is 2.11. The number of hydrogen-bond donors (Lipinski definition) is 0. The molecule has 22 heavy (non-hydrogen) atoms. The molecular weight excluding hydrogens is 272 g/mol. The standard InChI is InChI=1S/C13H18.C7H14O2/c1-2-3-4-5-6-7-11-10-12-8-9-13(11)12;1-2-3-7-6-8-4-5-9-7/h8-10H,2-7H2,1H3;7H,2-6H2,1H3. The van der Waals surface area contributed by atoms with Gasteiger partial charge in [0.05, 0.1) is 25.9 Å². The number of aryl methyl sites for hydroxylation is 1. The van der Waals surface area contributed by atoms with Crippen molar-refractivity contribution in [1.29, 1.82) is 0 Å². The lowest BCUT2D eigenvalue weighted by atomic mass is 9.94. The van der Waals surface area contributed by atoms with E-state index in [9.17, 15) is 0 Å². The zero-order valence-corrected chi connectivity index (χ0v) is 14.4. The maximum atomic E-state index is 5.39. The van der Waals surface area contributed by atoms with E-state index in [0.717, 1.165) is 26.2 Å². The molecule has 1 heterocycles. The molecule has 1 aliphatic heterocycles. The van der Waals surface area contributed by atoms with E-state index in [0.29, 0.717) is 6.10 Å². The topological polar surface area (TPSA) is 18.5 Å². The van der Waals surface area contributed by atoms with Gasteiger partial charge in [0.2, 0.25) is 0 Å². The molecule has 3 aliphatic rings. The zero-order valence-electron chi connectivity index (χ0n) is 14.4. The molecule has 2 nitrogen and oxygen atoms in total. The Hall–Kier alpha value is -0.860. The highest BCUT2D eigenvalue weighted by Crippen LogP contribution is 2.18. The molecule has 2 heteroatoms. The van der Waals surface area contributed by atoms with Crippen molar-refractivity contribution >= 4 is 0 Å². The third-order valence-corrected chi connectivity index (χ3v) is 4.46. The van der Waals surface area contributed by atoms with Crippen molar-refractivity contribution in [3.05, 3.63) is 34.2 Å². The van der Waals surface area contributed by atoms with E-state index < -0.39 is 0 Å². The quantitative estimate of drug-likeness (QED) is 0.639. The third-order valence-electron chi connectivity index (χ3n) is 4.46. The molecule has 1 fully saturated rings. The summed E-state index contributed by atoms with van der Waals surface area (Å²) in [4.78, 5) is 0. The molecule has 3 rings (SSSR count). The van der Waals surface area contributed by atoms with Crippen molar-refractivity contribution in [3.8, 4) is 0 Å². The zero-order chi connectivity index (χ0) is 15.6. The van der Waals surface area contributed by atoms with Crippen molar-refractivity contribution in [2.75, 3.05) is 19.8 Å². The first-order valence-electron chi connectivity index (χ1n) is 9.17. The van der Waals surface area contributed by atoms with Crippen LogP contribution in [0, 0.1) is 10.4 Å². The fourth-order valence-electron chi connectivity index (χ4n) is 3.02. The van der Waals surface area contributed by atoms with Gasteiger partial charge in [-0.25, -0.2) is 0 Å². The van der Waals surface area contributed by atoms with Crippen LogP contribution in [0.1, 0.15) is 64.4 Å². The molecule has 0 N–H and O–H groups in total. The Morgan fingerprint density at radius 1 is 1.00 bits per heavy atom. The van der Waals surface area contributed by atoms with Gasteiger partial charge >= 0.3 is 0 Å². The smallest absolute Gasteiger partial charge is 0.0809 e. The number of rotatable bonds is 8. The summed E-state index contributed by atoms with van der Waals surface area (Å²) in [6.07, 6.45) is 11.0. The minimum absolute atomic E-state index is 0.378. The minimum Gasteiger partial charge on any atom is -0.376 e. The first kappa shape index (κ1) is 17.5. The minimum atomic E-state index is 0.378. The Kier molecular flexibility index (Phi) is 7.96. The Bertz CT molecular complexity index is 500. The van der Waals surface area contributed by atoms with Gasteiger partial charge in [0.25, 0.3) is 0 Å².